The van der Waals surface area contributed by atoms with Gasteiger partial charge in [0.2, 0.25) is 11.8 Å². The summed E-state index contributed by atoms with van der Waals surface area (Å²) in [5.41, 5.74) is 1.18. The Bertz CT molecular complexity index is 896. The summed E-state index contributed by atoms with van der Waals surface area (Å²) in [6.07, 6.45) is 4.56. The quantitative estimate of drug-likeness (QED) is 0.652. The maximum atomic E-state index is 14.2. The number of halogens is 1. The second-order valence-electron chi connectivity index (χ2n) is 8.06. The molecule has 0 heterocycles. The number of benzene rings is 2. The minimum Gasteiger partial charge on any atom is -0.497 e. The van der Waals surface area contributed by atoms with Gasteiger partial charge >= 0.3 is 0 Å². The van der Waals surface area contributed by atoms with Crippen LogP contribution in [-0.2, 0) is 22.6 Å². The molecule has 5 nitrogen and oxygen atoms in total. The lowest BCUT2D eigenvalue weighted by Crippen LogP contribution is -2.51. The van der Waals surface area contributed by atoms with Crippen molar-refractivity contribution in [3.05, 3.63) is 65.5 Å². The highest BCUT2D eigenvalue weighted by Gasteiger charge is 2.31. The van der Waals surface area contributed by atoms with Gasteiger partial charge in [-0.05, 0) is 48.6 Å². The van der Waals surface area contributed by atoms with Gasteiger partial charge in [-0.2, -0.15) is 0 Å². The number of carbonyl (C=O) groups is 2. The fourth-order valence-corrected chi connectivity index (χ4v) is 4.16. The molecule has 2 amide bonds. The first-order valence-corrected chi connectivity index (χ1v) is 11.0. The predicted octanol–water partition coefficient (Wildman–Crippen LogP) is 4.24. The Labute approximate surface area is 183 Å². The largest absolute Gasteiger partial charge is 0.497 e. The Morgan fingerprint density at radius 1 is 1.16 bits per heavy atom. The molecule has 166 valence electrons. The van der Waals surface area contributed by atoms with Crippen LogP contribution in [0.5, 0.6) is 5.75 Å². The van der Waals surface area contributed by atoms with E-state index in [9.17, 15) is 14.0 Å². The molecule has 1 aliphatic rings. The molecule has 3 rings (SSSR count). The molecular formula is C25H31FN2O3. The minimum absolute atomic E-state index is 0.0934. The van der Waals surface area contributed by atoms with Crippen LogP contribution in [0.4, 0.5) is 4.39 Å². The zero-order chi connectivity index (χ0) is 22.2. The van der Waals surface area contributed by atoms with Crippen LogP contribution >= 0.6 is 0 Å². The van der Waals surface area contributed by atoms with Crippen LogP contribution in [-0.4, -0.2) is 35.9 Å². The van der Waals surface area contributed by atoms with E-state index in [2.05, 4.69) is 5.32 Å². The highest BCUT2D eigenvalue weighted by atomic mass is 19.1. The maximum Gasteiger partial charge on any atom is 0.243 e. The van der Waals surface area contributed by atoms with E-state index in [-0.39, 0.29) is 30.8 Å². The van der Waals surface area contributed by atoms with Crippen molar-refractivity contribution < 1.29 is 18.7 Å². The van der Waals surface area contributed by atoms with E-state index in [4.69, 9.17) is 4.74 Å². The molecule has 1 saturated carbocycles. The molecule has 0 aromatic heterocycles. The van der Waals surface area contributed by atoms with Gasteiger partial charge in [-0.3, -0.25) is 9.59 Å². The second-order valence-corrected chi connectivity index (χ2v) is 8.06. The SMILES string of the molecule is CCC(C(=O)NC1CCCC1)N(Cc1cccc(OC)c1)C(=O)Cc1ccccc1F. The maximum absolute atomic E-state index is 14.2. The third-order valence-corrected chi connectivity index (χ3v) is 5.87. The number of methoxy groups -OCH3 is 1. The van der Waals surface area contributed by atoms with Crippen LogP contribution in [0.15, 0.2) is 48.5 Å². The third kappa shape index (κ3) is 6.06. The van der Waals surface area contributed by atoms with Crippen LogP contribution in [0.1, 0.15) is 50.2 Å². The third-order valence-electron chi connectivity index (χ3n) is 5.87. The molecule has 2 aromatic carbocycles. The number of amides is 2. The molecule has 1 N–H and O–H groups in total. The lowest BCUT2D eigenvalue weighted by molar-refractivity contribution is -0.141. The number of hydrogen-bond donors (Lipinski definition) is 1. The summed E-state index contributed by atoms with van der Waals surface area (Å²) in [6.45, 7) is 2.15. The topological polar surface area (TPSA) is 58.6 Å². The minimum atomic E-state index is -0.619. The first-order valence-electron chi connectivity index (χ1n) is 11.0. The summed E-state index contributed by atoms with van der Waals surface area (Å²) < 4.78 is 19.5. The smallest absolute Gasteiger partial charge is 0.243 e. The Morgan fingerprint density at radius 2 is 1.90 bits per heavy atom. The van der Waals surface area contributed by atoms with Crippen LogP contribution in [0, 0.1) is 5.82 Å². The van der Waals surface area contributed by atoms with E-state index >= 15 is 0 Å². The highest BCUT2D eigenvalue weighted by molar-refractivity contribution is 5.88. The molecule has 31 heavy (non-hydrogen) atoms. The molecule has 0 spiro atoms. The van der Waals surface area contributed by atoms with Crippen LogP contribution in [0.2, 0.25) is 0 Å². The Balaban J connectivity index is 1.84. The normalized spacial score (nSPS) is 14.8. The average molecular weight is 427 g/mol. The van der Waals surface area contributed by atoms with E-state index in [1.165, 1.54) is 6.07 Å². The molecule has 0 bridgehead atoms. The molecule has 1 atom stereocenters. The highest BCUT2D eigenvalue weighted by Crippen LogP contribution is 2.21. The molecule has 1 aliphatic carbocycles. The van der Waals surface area contributed by atoms with Gasteiger partial charge < -0.3 is 15.0 Å². The Kier molecular flexibility index (Phi) is 8.04. The van der Waals surface area contributed by atoms with Gasteiger partial charge in [-0.25, -0.2) is 4.39 Å². The number of ether oxygens (including phenoxy) is 1. The summed E-state index contributed by atoms with van der Waals surface area (Å²) in [4.78, 5) is 28.0. The van der Waals surface area contributed by atoms with E-state index in [1.54, 1.807) is 30.2 Å². The molecule has 2 aromatic rings. The van der Waals surface area contributed by atoms with Crippen molar-refractivity contribution in [1.82, 2.24) is 10.2 Å². The number of nitrogens with one attached hydrogen (secondary N) is 1. The van der Waals surface area contributed by atoms with E-state index in [1.807, 2.05) is 31.2 Å². The van der Waals surface area contributed by atoms with Crippen molar-refractivity contribution in [2.45, 2.75) is 64.1 Å². The van der Waals surface area contributed by atoms with Crippen molar-refractivity contribution in [3.63, 3.8) is 0 Å². The van der Waals surface area contributed by atoms with Crippen molar-refractivity contribution in [3.8, 4) is 5.75 Å². The van der Waals surface area contributed by atoms with Gasteiger partial charge in [-0.1, -0.05) is 50.1 Å². The number of rotatable bonds is 9. The van der Waals surface area contributed by atoms with Crippen LogP contribution in [0.3, 0.4) is 0 Å². The zero-order valence-electron chi connectivity index (χ0n) is 18.3. The summed E-state index contributed by atoms with van der Waals surface area (Å²) in [6, 6.07) is 13.2. The van der Waals surface area contributed by atoms with Gasteiger partial charge in [0.05, 0.1) is 13.5 Å². The van der Waals surface area contributed by atoms with Crippen molar-refractivity contribution in [2.75, 3.05) is 7.11 Å². The van der Waals surface area contributed by atoms with Gasteiger partial charge in [0.1, 0.15) is 17.6 Å². The van der Waals surface area contributed by atoms with Crippen LogP contribution in [0.25, 0.3) is 0 Å². The predicted molar refractivity (Wildman–Crippen MR) is 118 cm³/mol. The molecule has 0 saturated heterocycles. The second kappa shape index (κ2) is 10.9. The average Bonchev–Trinajstić information content (AvgIpc) is 3.28. The summed E-state index contributed by atoms with van der Waals surface area (Å²) >= 11 is 0. The van der Waals surface area contributed by atoms with Gasteiger partial charge in [-0.15, -0.1) is 0 Å². The number of nitrogens with zero attached hydrogens (tertiary/aromatic N) is 1. The number of carbonyl (C=O) groups excluding carboxylic acids is 2. The fraction of sp³-hybridized carbons (Fsp3) is 0.440. The Hall–Kier alpha value is -2.89. The fourth-order valence-electron chi connectivity index (χ4n) is 4.16. The van der Waals surface area contributed by atoms with Crippen molar-refractivity contribution in [1.29, 1.82) is 0 Å². The summed E-state index contributed by atoms with van der Waals surface area (Å²) in [5, 5.41) is 3.12. The summed E-state index contributed by atoms with van der Waals surface area (Å²) in [7, 11) is 1.59. The molecule has 1 unspecified atom stereocenters. The molecule has 0 aliphatic heterocycles. The van der Waals surface area contributed by atoms with Gasteiger partial charge in [0.15, 0.2) is 0 Å². The number of hydrogen-bond acceptors (Lipinski definition) is 3. The van der Waals surface area contributed by atoms with Crippen molar-refractivity contribution >= 4 is 11.8 Å². The first-order chi connectivity index (χ1) is 15.0. The zero-order valence-corrected chi connectivity index (χ0v) is 18.3. The summed E-state index contributed by atoms with van der Waals surface area (Å²) in [5.74, 6) is -0.149. The monoisotopic (exact) mass is 426 g/mol. The molecule has 1 fully saturated rings. The molecule has 0 radical (unpaired) electrons. The van der Waals surface area contributed by atoms with E-state index in [0.29, 0.717) is 17.7 Å². The molecular weight excluding hydrogens is 395 g/mol. The Morgan fingerprint density at radius 3 is 2.58 bits per heavy atom. The standard InChI is InChI=1S/C25H31FN2O3/c1-3-23(25(30)27-20-11-5-6-12-20)28(17-18-9-8-13-21(15-18)31-2)24(29)16-19-10-4-7-14-22(19)26/h4,7-10,13-15,20,23H,3,5-6,11-12,16-17H2,1-2H3,(H,27,30). The van der Waals surface area contributed by atoms with E-state index in [0.717, 1.165) is 31.2 Å². The first kappa shape index (κ1) is 22.8. The molecule has 6 heteroatoms. The van der Waals surface area contributed by atoms with E-state index < -0.39 is 11.9 Å². The lowest BCUT2D eigenvalue weighted by atomic mass is 10.1. The van der Waals surface area contributed by atoms with Gasteiger partial charge in [0, 0.05) is 12.6 Å². The lowest BCUT2D eigenvalue weighted by Gasteiger charge is -2.31. The van der Waals surface area contributed by atoms with Gasteiger partial charge in [0.25, 0.3) is 0 Å². The van der Waals surface area contributed by atoms with Crippen molar-refractivity contribution in [2.24, 2.45) is 0 Å². The van der Waals surface area contributed by atoms with Crippen LogP contribution < -0.4 is 10.1 Å².